The van der Waals surface area contributed by atoms with Crippen LogP contribution in [0.5, 0.6) is 0 Å². The number of nitrogens with two attached hydrogens (primary N) is 2. The van der Waals surface area contributed by atoms with E-state index in [0.29, 0.717) is 5.56 Å². The summed E-state index contributed by atoms with van der Waals surface area (Å²) in [6, 6.07) is 12.8. The minimum Gasteiger partial charge on any atom is -0.369 e. The average Bonchev–Trinajstić information content (AvgIpc) is 2.28. The van der Waals surface area contributed by atoms with Crippen molar-refractivity contribution in [2.45, 2.75) is 5.92 Å². The minimum atomic E-state index is -1.08. The second-order valence-corrected chi connectivity index (χ2v) is 3.81. The molecule has 17 heavy (non-hydrogen) atoms. The SMILES string of the molecule is NC(=O)C(C(N)=O)c1cccc2ccccc12. The number of hydrogen-bond acceptors (Lipinski definition) is 2. The van der Waals surface area contributed by atoms with E-state index in [2.05, 4.69) is 0 Å². The van der Waals surface area contributed by atoms with Gasteiger partial charge in [0.2, 0.25) is 11.8 Å². The fourth-order valence-corrected chi connectivity index (χ4v) is 1.95. The summed E-state index contributed by atoms with van der Waals surface area (Å²) >= 11 is 0. The van der Waals surface area contributed by atoms with Gasteiger partial charge in [-0.15, -0.1) is 0 Å². The van der Waals surface area contributed by atoms with Gasteiger partial charge in [-0.1, -0.05) is 42.5 Å². The molecule has 0 aliphatic carbocycles. The Balaban J connectivity index is 2.69. The Morgan fingerprint density at radius 1 is 0.882 bits per heavy atom. The molecule has 0 saturated carbocycles. The monoisotopic (exact) mass is 228 g/mol. The van der Waals surface area contributed by atoms with Crippen LogP contribution in [0.15, 0.2) is 42.5 Å². The first-order chi connectivity index (χ1) is 8.11. The van der Waals surface area contributed by atoms with Gasteiger partial charge in [0, 0.05) is 0 Å². The van der Waals surface area contributed by atoms with Crippen molar-refractivity contribution in [3.8, 4) is 0 Å². The number of amides is 2. The summed E-state index contributed by atoms with van der Waals surface area (Å²) in [6.07, 6.45) is 0. The number of fused-ring (bicyclic) bond motifs is 1. The van der Waals surface area contributed by atoms with Crippen molar-refractivity contribution in [2.75, 3.05) is 0 Å². The van der Waals surface area contributed by atoms with E-state index in [4.69, 9.17) is 11.5 Å². The van der Waals surface area contributed by atoms with Crippen LogP contribution in [0.3, 0.4) is 0 Å². The molecule has 0 radical (unpaired) electrons. The predicted molar refractivity (Wildman–Crippen MR) is 65.1 cm³/mol. The highest BCUT2D eigenvalue weighted by Crippen LogP contribution is 2.25. The van der Waals surface area contributed by atoms with Crippen LogP contribution < -0.4 is 11.5 Å². The van der Waals surface area contributed by atoms with Crippen molar-refractivity contribution in [1.82, 2.24) is 0 Å². The molecule has 0 saturated heterocycles. The van der Waals surface area contributed by atoms with Crippen LogP contribution in [-0.2, 0) is 9.59 Å². The highest BCUT2D eigenvalue weighted by Gasteiger charge is 2.25. The van der Waals surface area contributed by atoms with Gasteiger partial charge in [-0.2, -0.15) is 0 Å². The van der Waals surface area contributed by atoms with Crippen molar-refractivity contribution in [1.29, 1.82) is 0 Å². The Morgan fingerprint density at radius 2 is 1.47 bits per heavy atom. The first kappa shape index (κ1) is 11.1. The topological polar surface area (TPSA) is 86.2 Å². The lowest BCUT2D eigenvalue weighted by molar-refractivity contribution is -0.128. The molecule has 0 atom stereocenters. The summed E-state index contributed by atoms with van der Waals surface area (Å²) in [5.74, 6) is -2.54. The fraction of sp³-hybridized carbons (Fsp3) is 0.0769. The quantitative estimate of drug-likeness (QED) is 0.764. The third kappa shape index (κ3) is 1.97. The maximum Gasteiger partial charge on any atom is 0.234 e. The zero-order valence-electron chi connectivity index (χ0n) is 9.09. The Hall–Kier alpha value is -2.36. The van der Waals surface area contributed by atoms with Gasteiger partial charge in [0.15, 0.2) is 0 Å². The molecule has 0 bridgehead atoms. The van der Waals surface area contributed by atoms with E-state index in [1.54, 1.807) is 12.1 Å². The molecule has 0 aromatic heterocycles. The fourth-order valence-electron chi connectivity index (χ4n) is 1.95. The van der Waals surface area contributed by atoms with Gasteiger partial charge in [-0.05, 0) is 16.3 Å². The molecule has 2 aromatic carbocycles. The summed E-state index contributed by atoms with van der Waals surface area (Å²) in [6.45, 7) is 0. The number of carbonyl (C=O) groups is 2. The van der Waals surface area contributed by atoms with Crippen molar-refractivity contribution in [2.24, 2.45) is 11.5 Å². The Bertz CT molecular complexity index is 573. The zero-order chi connectivity index (χ0) is 12.4. The molecule has 4 N–H and O–H groups in total. The number of primary amides is 2. The molecule has 2 aromatic rings. The molecule has 2 rings (SSSR count). The van der Waals surface area contributed by atoms with E-state index in [1.165, 1.54) is 0 Å². The molecule has 4 heteroatoms. The third-order valence-electron chi connectivity index (χ3n) is 2.70. The molecule has 86 valence electrons. The van der Waals surface area contributed by atoms with Crippen LogP contribution in [0.1, 0.15) is 11.5 Å². The second-order valence-electron chi connectivity index (χ2n) is 3.81. The zero-order valence-corrected chi connectivity index (χ0v) is 9.09. The molecule has 0 unspecified atom stereocenters. The lowest BCUT2D eigenvalue weighted by Crippen LogP contribution is -2.33. The lowest BCUT2D eigenvalue weighted by atomic mass is 9.92. The van der Waals surface area contributed by atoms with E-state index in [1.807, 2.05) is 30.3 Å². The second kappa shape index (κ2) is 4.25. The Kier molecular flexibility index (Phi) is 2.78. The maximum absolute atomic E-state index is 11.3. The van der Waals surface area contributed by atoms with Crippen LogP contribution in [0.25, 0.3) is 10.8 Å². The van der Waals surface area contributed by atoms with Crippen LogP contribution in [0, 0.1) is 0 Å². The summed E-state index contributed by atoms with van der Waals surface area (Å²) < 4.78 is 0. The van der Waals surface area contributed by atoms with Crippen LogP contribution >= 0.6 is 0 Å². The van der Waals surface area contributed by atoms with Gasteiger partial charge in [0.25, 0.3) is 0 Å². The van der Waals surface area contributed by atoms with Crippen molar-refractivity contribution < 1.29 is 9.59 Å². The largest absolute Gasteiger partial charge is 0.369 e. The smallest absolute Gasteiger partial charge is 0.234 e. The standard InChI is InChI=1S/C13H12N2O2/c14-12(16)11(13(15)17)10-7-3-5-8-4-1-2-6-9(8)10/h1-7,11H,(H2,14,16)(H2,15,17). The first-order valence-corrected chi connectivity index (χ1v) is 5.17. The van der Waals surface area contributed by atoms with Gasteiger partial charge in [-0.3, -0.25) is 9.59 Å². The lowest BCUT2D eigenvalue weighted by Gasteiger charge is -2.12. The van der Waals surface area contributed by atoms with Crippen molar-refractivity contribution >= 4 is 22.6 Å². The summed E-state index contributed by atoms with van der Waals surface area (Å²) in [7, 11) is 0. The predicted octanol–water partition coefficient (Wildman–Crippen LogP) is 0.894. The normalized spacial score (nSPS) is 10.6. The highest BCUT2D eigenvalue weighted by molar-refractivity contribution is 6.07. The van der Waals surface area contributed by atoms with Crippen molar-refractivity contribution in [3.63, 3.8) is 0 Å². The average molecular weight is 228 g/mol. The number of hydrogen-bond donors (Lipinski definition) is 2. The van der Waals surface area contributed by atoms with E-state index in [9.17, 15) is 9.59 Å². The molecule has 0 spiro atoms. The van der Waals surface area contributed by atoms with Crippen LogP contribution in [-0.4, -0.2) is 11.8 Å². The summed E-state index contributed by atoms with van der Waals surface area (Å²) in [4.78, 5) is 22.6. The first-order valence-electron chi connectivity index (χ1n) is 5.17. The molecular formula is C13H12N2O2. The summed E-state index contributed by atoms with van der Waals surface area (Å²) in [5.41, 5.74) is 11.0. The Morgan fingerprint density at radius 3 is 2.12 bits per heavy atom. The minimum absolute atomic E-state index is 0.558. The third-order valence-corrected chi connectivity index (χ3v) is 2.70. The summed E-state index contributed by atoms with van der Waals surface area (Å²) in [5, 5.41) is 1.76. The van der Waals surface area contributed by atoms with Gasteiger partial charge in [0.05, 0.1) is 0 Å². The number of benzene rings is 2. The molecule has 0 aliphatic rings. The number of rotatable bonds is 3. The molecule has 0 heterocycles. The molecule has 0 aliphatic heterocycles. The molecular weight excluding hydrogens is 216 g/mol. The van der Waals surface area contributed by atoms with E-state index >= 15 is 0 Å². The van der Waals surface area contributed by atoms with E-state index in [-0.39, 0.29) is 0 Å². The van der Waals surface area contributed by atoms with Gasteiger partial charge >= 0.3 is 0 Å². The van der Waals surface area contributed by atoms with Gasteiger partial charge < -0.3 is 11.5 Å². The van der Waals surface area contributed by atoms with Gasteiger partial charge in [0.1, 0.15) is 5.92 Å². The van der Waals surface area contributed by atoms with Gasteiger partial charge in [-0.25, -0.2) is 0 Å². The molecule has 0 fully saturated rings. The van der Waals surface area contributed by atoms with Crippen molar-refractivity contribution in [3.05, 3.63) is 48.0 Å². The van der Waals surface area contributed by atoms with Crippen LogP contribution in [0.2, 0.25) is 0 Å². The molecule has 4 nitrogen and oxygen atoms in total. The van der Waals surface area contributed by atoms with Crippen LogP contribution in [0.4, 0.5) is 0 Å². The highest BCUT2D eigenvalue weighted by atomic mass is 16.2. The Labute approximate surface area is 98.2 Å². The molecule has 2 amide bonds. The van der Waals surface area contributed by atoms with E-state index < -0.39 is 17.7 Å². The number of carbonyl (C=O) groups excluding carboxylic acids is 2. The maximum atomic E-state index is 11.3. The van der Waals surface area contributed by atoms with E-state index in [0.717, 1.165) is 10.8 Å².